The van der Waals surface area contributed by atoms with Gasteiger partial charge in [0.1, 0.15) is 11.2 Å². The second-order valence-electron chi connectivity index (χ2n) is 15.6. The first kappa shape index (κ1) is 35.4. The van der Waals surface area contributed by atoms with Crippen LogP contribution in [0.3, 0.4) is 0 Å². The van der Waals surface area contributed by atoms with Crippen molar-refractivity contribution in [3.05, 3.63) is 194 Å². The topological polar surface area (TPSA) is 82.5 Å². The van der Waals surface area contributed by atoms with Gasteiger partial charge in [0.2, 0.25) is 0 Å². The van der Waals surface area contributed by atoms with Crippen molar-refractivity contribution in [1.29, 1.82) is 0 Å². The smallest absolute Gasteiger partial charge is 0.164 e. The third-order valence-corrected chi connectivity index (χ3v) is 13.0. The lowest BCUT2D eigenvalue weighted by atomic mass is 10.1. The molecule has 0 fully saturated rings. The SMILES string of the molecule is c1ccc(-c2nc(-c3ccc4oc5c(-c6nc(-c7ccccc7)c7sc8ccccc8c7n6)cccc5c4c3)nc(-c3ccc4c5ccccc5n(-c5ccccc5)c4c3)n2)cc1. The summed E-state index contributed by atoms with van der Waals surface area (Å²) in [5.41, 5.74) is 11.2. The Balaban J connectivity index is 0.980. The number of benzene rings is 8. The van der Waals surface area contributed by atoms with Gasteiger partial charge in [-0.1, -0.05) is 140 Å². The van der Waals surface area contributed by atoms with Crippen molar-refractivity contribution < 1.29 is 4.42 Å². The molecule has 0 aliphatic heterocycles. The predicted molar refractivity (Wildman–Crippen MR) is 257 cm³/mol. The van der Waals surface area contributed by atoms with Crippen molar-refractivity contribution in [2.75, 3.05) is 0 Å². The molecule has 0 bridgehead atoms. The van der Waals surface area contributed by atoms with Crippen molar-refractivity contribution in [3.63, 3.8) is 0 Å². The normalized spacial score (nSPS) is 11.8. The van der Waals surface area contributed by atoms with Crippen molar-refractivity contribution in [3.8, 4) is 62.5 Å². The van der Waals surface area contributed by atoms with Gasteiger partial charge in [0, 0.05) is 59.6 Å². The Hall–Kier alpha value is -8.33. The van der Waals surface area contributed by atoms with E-state index in [1.54, 1.807) is 11.3 Å². The van der Waals surface area contributed by atoms with Crippen LogP contribution >= 0.6 is 11.3 Å². The Morgan fingerprint density at radius 2 is 1.02 bits per heavy atom. The van der Waals surface area contributed by atoms with Gasteiger partial charge in [-0.3, -0.25) is 0 Å². The van der Waals surface area contributed by atoms with Crippen molar-refractivity contribution in [1.82, 2.24) is 29.5 Å². The number of hydrogen-bond acceptors (Lipinski definition) is 7. The number of thiophene rings is 1. The Morgan fingerprint density at radius 3 is 1.81 bits per heavy atom. The molecule has 0 saturated carbocycles. The average Bonchev–Trinajstić information content (AvgIpc) is 4.03. The van der Waals surface area contributed by atoms with Crippen LogP contribution in [0.1, 0.15) is 0 Å². The minimum Gasteiger partial charge on any atom is -0.455 e. The molecule has 5 aromatic heterocycles. The van der Waals surface area contributed by atoms with E-state index in [4.69, 9.17) is 29.3 Å². The molecule has 0 spiro atoms. The van der Waals surface area contributed by atoms with E-state index in [1.165, 1.54) is 10.1 Å². The van der Waals surface area contributed by atoms with E-state index in [0.29, 0.717) is 23.3 Å². The van der Waals surface area contributed by atoms with Crippen LogP contribution in [0, 0.1) is 0 Å². The monoisotopic (exact) mass is 824 g/mol. The van der Waals surface area contributed by atoms with Gasteiger partial charge < -0.3 is 8.98 Å². The van der Waals surface area contributed by atoms with Gasteiger partial charge in [0.15, 0.2) is 23.3 Å². The van der Waals surface area contributed by atoms with Crippen LogP contribution in [0.15, 0.2) is 199 Å². The first-order chi connectivity index (χ1) is 31.2. The molecule has 294 valence electrons. The maximum absolute atomic E-state index is 6.72. The summed E-state index contributed by atoms with van der Waals surface area (Å²) in [6, 6.07) is 66.8. The predicted octanol–water partition coefficient (Wildman–Crippen LogP) is 14.4. The summed E-state index contributed by atoms with van der Waals surface area (Å²) < 4.78 is 11.3. The van der Waals surface area contributed by atoms with E-state index in [9.17, 15) is 0 Å². The van der Waals surface area contributed by atoms with E-state index < -0.39 is 0 Å². The van der Waals surface area contributed by atoms with Gasteiger partial charge in [-0.05, 0) is 54.6 Å². The molecule has 0 unspecified atom stereocenters. The highest BCUT2D eigenvalue weighted by Crippen LogP contribution is 2.42. The quantitative estimate of drug-likeness (QED) is 0.166. The van der Waals surface area contributed by atoms with Gasteiger partial charge in [-0.2, -0.15) is 0 Å². The van der Waals surface area contributed by atoms with Crippen molar-refractivity contribution in [2.45, 2.75) is 0 Å². The molecule has 0 atom stereocenters. The Morgan fingerprint density at radius 1 is 0.397 bits per heavy atom. The summed E-state index contributed by atoms with van der Waals surface area (Å²) in [7, 11) is 0. The van der Waals surface area contributed by atoms with Gasteiger partial charge in [-0.25, -0.2) is 24.9 Å². The summed E-state index contributed by atoms with van der Waals surface area (Å²) in [5.74, 6) is 2.38. The number of hydrogen-bond donors (Lipinski definition) is 0. The summed E-state index contributed by atoms with van der Waals surface area (Å²) >= 11 is 1.73. The molecule has 0 aliphatic rings. The number of aromatic nitrogens is 6. The van der Waals surface area contributed by atoms with E-state index in [0.717, 1.165) is 93.2 Å². The van der Waals surface area contributed by atoms with Crippen molar-refractivity contribution >= 4 is 75.4 Å². The molecule has 0 amide bonds. The maximum atomic E-state index is 6.72. The summed E-state index contributed by atoms with van der Waals surface area (Å²) in [4.78, 5) is 25.9. The number of furan rings is 1. The minimum absolute atomic E-state index is 0.570. The molecule has 0 N–H and O–H groups in total. The molecule has 5 heterocycles. The first-order valence-electron chi connectivity index (χ1n) is 20.8. The Kier molecular flexibility index (Phi) is 7.94. The highest BCUT2D eigenvalue weighted by Gasteiger charge is 2.21. The van der Waals surface area contributed by atoms with E-state index >= 15 is 0 Å². The summed E-state index contributed by atoms with van der Waals surface area (Å²) in [6.45, 7) is 0. The molecule has 8 aromatic carbocycles. The highest BCUT2D eigenvalue weighted by molar-refractivity contribution is 7.26. The van der Waals surface area contributed by atoms with E-state index in [2.05, 4.69) is 144 Å². The zero-order chi connectivity index (χ0) is 41.4. The first-order valence-corrected chi connectivity index (χ1v) is 21.6. The van der Waals surface area contributed by atoms with Gasteiger partial charge in [0.05, 0.1) is 32.5 Å². The molecular weight excluding hydrogens is 793 g/mol. The minimum atomic E-state index is 0.570. The molecule has 7 nitrogen and oxygen atoms in total. The maximum Gasteiger partial charge on any atom is 0.164 e. The van der Waals surface area contributed by atoms with Crippen LogP contribution in [-0.4, -0.2) is 29.5 Å². The van der Waals surface area contributed by atoms with Crippen molar-refractivity contribution in [2.24, 2.45) is 0 Å². The van der Waals surface area contributed by atoms with Crippen LogP contribution in [0.5, 0.6) is 0 Å². The molecule has 0 aliphatic carbocycles. The standard InChI is InChI=1S/C55H32N6OS/c1-4-15-33(16-5-1)48-51-49(41-22-11-13-26-47(41)63-51)57-55(56-48)42-24-14-23-40-43-31-35(28-30-46(43)62-50(40)42)53-58-52(34-17-6-2-7-18-34)59-54(60-53)36-27-29-39-38-21-10-12-25-44(38)61(45(39)32-36)37-19-8-3-9-20-37/h1-32H. The van der Waals surface area contributed by atoms with Crippen LogP contribution in [0.2, 0.25) is 0 Å². The zero-order valence-corrected chi connectivity index (χ0v) is 34.3. The lowest BCUT2D eigenvalue weighted by Crippen LogP contribution is -2.00. The van der Waals surface area contributed by atoms with E-state index in [-0.39, 0.29) is 0 Å². The number of rotatable bonds is 6. The van der Waals surface area contributed by atoms with Crippen LogP contribution in [0.25, 0.3) is 127 Å². The van der Waals surface area contributed by atoms with Gasteiger partial charge in [-0.15, -0.1) is 11.3 Å². The summed E-state index contributed by atoms with van der Waals surface area (Å²) in [6.07, 6.45) is 0. The molecular formula is C55H32N6OS. The van der Waals surface area contributed by atoms with Crippen LogP contribution in [0.4, 0.5) is 0 Å². The lowest BCUT2D eigenvalue weighted by Gasteiger charge is -2.10. The number of nitrogens with zero attached hydrogens (tertiary/aromatic N) is 6. The molecule has 13 rings (SSSR count). The van der Waals surface area contributed by atoms with E-state index in [1.807, 2.05) is 54.6 Å². The second-order valence-corrected chi connectivity index (χ2v) is 16.7. The Bertz CT molecular complexity index is 3910. The number of fused-ring (bicyclic) bond motifs is 9. The molecule has 13 aromatic rings. The highest BCUT2D eigenvalue weighted by atomic mass is 32.1. The number of para-hydroxylation sites is 3. The third kappa shape index (κ3) is 5.76. The van der Waals surface area contributed by atoms with Gasteiger partial charge in [0.25, 0.3) is 0 Å². The fourth-order valence-electron chi connectivity index (χ4n) is 8.93. The molecule has 8 heteroatoms. The largest absolute Gasteiger partial charge is 0.455 e. The second kappa shape index (κ2) is 14.1. The lowest BCUT2D eigenvalue weighted by molar-refractivity contribution is 0.669. The molecule has 0 saturated heterocycles. The summed E-state index contributed by atoms with van der Waals surface area (Å²) in [5, 5.41) is 5.38. The average molecular weight is 825 g/mol. The van der Waals surface area contributed by atoms with Crippen LogP contribution < -0.4 is 0 Å². The molecule has 0 radical (unpaired) electrons. The third-order valence-electron chi connectivity index (χ3n) is 11.9. The fraction of sp³-hybridized carbons (Fsp3) is 0. The van der Waals surface area contributed by atoms with Crippen LogP contribution in [-0.2, 0) is 0 Å². The van der Waals surface area contributed by atoms with Gasteiger partial charge >= 0.3 is 0 Å². The Labute approximate surface area is 364 Å². The zero-order valence-electron chi connectivity index (χ0n) is 33.5. The fourth-order valence-corrected chi connectivity index (χ4v) is 10.1. The molecule has 63 heavy (non-hydrogen) atoms.